The van der Waals surface area contributed by atoms with Gasteiger partial charge in [0.15, 0.2) is 0 Å². The van der Waals surface area contributed by atoms with E-state index in [9.17, 15) is 27.6 Å². The van der Waals surface area contributed by atoms with Gasteiger partial charge < -0.3 is 15.4 Å². The van der Waals surface area contributed by atoms with Gasteiger partial charge in [-0.25, -0.2) is 4.90 Å². The Labute approximate surface area is 218 Å². The first kappa shape index (κ1) is 26.1. The quantitative estimate of drug-likeness (QED) is 0.365. The number of hydrogen-bond acceptors (Lipinski definition) is 5. The molecule has 3 aromatic carbocycles. The van der Waals surface area contributed by atoms with E-state index in [1.165, 1.54) is 61.7 Å². The van der Waals surface area contributed by atoms with Crippen molar-refractivity contribution in [2.24, 2.45) is 0 Å². The lowest BCUT2D eigenvalue weighted by Gasteiger charge is -2.18. The number of benzene rings is 3. The van der Waals surface area contributed by atoms with Gasteiger partial charge in [-0.15, -0.1) is 0 Å². The Morgan fingerprint density at radius 3 is 2.32 bits per heavy atom. The number of anilines is 3. The lowest BCUT2D eigenvalue weighted by atomic mass is 10.1. The van der Waals surface area contributed by atoms with E-state index in [4.69, 9.17) is 27.9 Å². The first-order valence-corrected chi connectivity index (χ1v) is 11.2. The minimum absolute atomic E-state index is 0.0494. The average Bonchev–Trinajstić information content (AvgIpc) is 3.06. The standard InChI is InChI=1S/C25H16Cl2F3N3O4/c1-37-19-9-8-15(26)12-18(19)33-23(35)20(27)21(24(33)36)31-16-6-2-4-13(10-16)22(34)32-17-7-3-5-14(11-17)25(28,29)30/h2-12,31H,1H3,(H,32,34). The number of amides is 3. The lowest BCUT2D eigenvalue weighted by molar-refractivity contribution is -0.137. The molecule has 0 fully saturated rings. The maximum atomic E-state index is 13.1. The molecule has 0 atom stereocenters. The van der Waals surface area contributed by atoms with Crippen LogP contribution in [-0.4, -0.2) is 24.8 Å². The SMILES string of the molecule is COc1ccc(Cl)cc1N1C(=O)C(Cl)=C(Nc2cccc(C(=O)Nc3cccc(C(F)(F)F)c3)c2)C1=O. The van der Waals surface area contributed by atoms with Crippen LogP contribution in [0.5, 0.6) is 5.75 Å². The fourth-order valence-electron chi connectivity index (χ4n) is 3.53. The van der Waals surface area contributed by atoms with Crippen LogP contribution in [0.3, 0.4) is 0 Å². The van der Waals surface area contributed by atoms with E-state index in [1.54, 1.807) is 0 Å². The summed E-state index contributed by atoms with van der Waals surface area (Å²) < 4.78 is 44.1. The first-order valence-electron chi connectivity index (χ1n) is 10.5. The number of methoxy groups -OCH3 is 1. The molecule has 4 rings (SSSR count). The Bertz CT molecular complexity index is 1460. The van der Waals surface area contributed by atoms with Gasteiger partial charge >= 0.3 is 6.18 Å². The summed E-state index contributed by atoms with van der Waals surface area (Å²) in [5, 5.41) is 5.01. The molecule has 2 N–H and O–H groups in total. The molecular formula is C25H16Cl2F3N3O4. The predicted molar refractivity (Wildman–Crippen MR) is 133 cm³/mol. The predicted octanol–water partition coefficient (Wildman–Crippen LogP) is 6.06. The minimum Gasteiger partial charge on any atom is -0.495 e. The van der Waals surface area contributed by atoms with Gasteiger partial charge in [0, 0.05) is 22.0 Å². The number of rotatable bonds is 6. The summed E-state index contributed by atoms with van der Waals surface area (Å²) in [4.78, 5) is 39.4. The Balaban J connectivity index is 1.55. The number of nitrogens with one attached hydrogen (secondary N) is 2. The largest absolute Gasteiger partial charge is 0.495 e. The number of carbonyl (C=O) groups is 3. The Hall–Kier alpha value is -4.02. The van der Waals surface area contributed by atoms with Crippen molar-refractivity contribution in [3.05, 3.63) is 93.6 Å². The third kappa shape index (κ3) is 5.40. The maximum absolute atomic E-state index is 13.1. The van der Waals surface area contributed by atoms with Gasteiger partial charge in [0.1, 0.15) is 16.5 Å². The van der Waals surface area contributed by atoms with Crippen LogP contribution in [0.15, 0.2) is 77.5 Å². The van der Waals surface area contributed by atoms with Crippen molar-refractivity contribution in [2.45, 2.75) is 6.18 Å². The second kappa shape index (κ2) is 10.2. The second-order valence-electron chi connectivity index (χ2n) is 7.69. The summed E-state index contributed by atoms with van der Waals surface area (Å²) in [6, 6.07) is 14.4. The van der Waals surface area contributed by atoms with Crippen molar-refractivity contribution >= 4 is 58.0 Å². The van der Waals surface area contributed by atoms with Crippen LogP contribution < -0.4 is 20.3 Å². The number of imide groups is 1. The number of ether oxygens (including phenoxy) is 1. The summed E-state index contributed by atoms with van der Waals surface area (Å²) in [5.74, 6) is -2.07. The molecule has 0 spiro atoms. The summed E-state index contributed by atoms with van der Waals surface area (Å²) in [6.45, 7) is 0. The van der Waals surface area contributed by atoms with Crippen LogP contribution in [0.25, 0.3) is 0 Å². The molecular weight excluding hydrogens is 534 g/mol. The first-order chi connectivity index (χ1) is 17.5. The fraction of sp³-hybridized carbons (Fsp3) is 0.0800. The van der Waals surface area contributed by atoms with Gasteiger partial charge in [-0.1, -0.05) is 35.3 Å². The molecule has 0 saturated heterocycles. The van der Waals surface area contributed by atoms with Crippen molar-refractivity contribution in [2.75, 3.05) is 22.6 Å². The van der Waals surface area contributed by atoms with Crippen LogP contribution in [0, 0.1) is 0 Å². The Morgan fingerprint density at radius 2 is 1.62 bits per heavy atom. The molecule has 1 aliphatic heterocycles. The normalized spacial score (nSPS) is 13.7. The van der Waals surface area contributed by atoms with E-state index in [0.29, 0.717) is 0 Å². The minimum atomic E-state index is -4.56. The highest BCUT2D eigenvalue weighted by Crippen LogP contribution is 2.37. The fourth-order valence-corrected chi connectivity index (χ4v) is 3.91. The molecule has 0 saturated carbocycles. The van der Waals surface area contributed by atoms with Crippen LogP contribution in [0.2, 0.25) is 5.02 Å². The second-order valence-corrected chi connectivity index (χ2v) is 8.50. The molecule has 3 aromatic rings. The van der Waals surface area contributed by atoms with Gasteiger partial charge in [-0.3, -0.25) is 14.4 Å². The van der Waals surface area contributed by atoms with E-state index in [1.807, 2.05) is 0 Å². The lowest BCUT2D eigenvalue weighted by Crippen LogP contribution is -2.32. The number of nitrogens with zero attached hydrogens (tertiary/aromatic N) is 1. The average molecular weight is 550 g/mol. The van der Waals surface area contributed by atoms with Crippen LogP contribution >= 0.6 is 23.2 Å². The highest BCUT2D eigenvalue weighted by molar-refractivity contribution is 6.53. The van der Waals surface area contributed by atoms with Crippen molar-refractivity contribution in [1.82, 2.24) is 0 Å². The van der Waals surface area contributed by atoms with Gasteiger partial charge in [-0.05, 0) is 54.6 Å². The molecule has 0 radical (unpaired) electrons. The van der Waals surface area contributed by atoms with Crippen molar-refractivity contribution in [1.29, 1.82) is 0 Å². The van der Waals surface area contributed by atoms with E-state index < -0.39 is 34.5 Å². The molecule has 0 aliphatic carbocycles. The van der Waals surface area contributed by atoms with Gasteiger partial charge in [0.05, 0.1) is 18.4 Å². The number of carbonyl (C=O) groups excluding carboxylic acids is 3. The van der Waals surface area contributed by atoms with Crippen molar-refractivity contribution in [3.63, 3.8) is 0 Å². The molecule has 0 bridgehead atoms. The molecule has 0 unspecified atom stereocenters. The van der Waals surface area contributed by atoms with E-state index in [-0.39, 0.29) is 39.1 Å². The summed E-state index contributed by atoms with van der Waals surface area (Å²) >= 11 is 12.2. The van der Waals surface area contributed by atoms with Crippen molar-refractivity contribution in [3.8, 4) is 5.75 Å². The van der Waals surface area contributed by atoms with Crippen LogP contribution in [0.4, 0.5) is 30.2 Å². The van der Waals surface area contributed by atoms with Crippen LogP contribution in [0.1, 0.15) is 15.9 Å². The summed E-state index contributed by atoms with van der Waals surface area (Å²) in [5.41, 5.74) is -0.812. The molecule has 190 valence electrons. The molecule has 1 heterocycles. The monoisotopic (exact) mass is 549 g/mol. The smallest absolute Gasteiger partial charge is 0.416 e. The summed E-state index contributed by atoms with van der Waals surface area (Å²) in [7, 11) is 1.36. The topological polar surface area (TPSA) is 87.7 Å². The Kier molecular flexibility index (Phi) is 7.15. The molecule has 0 aromatic heterocycles. The highest BCUT2D eigenvalue weighted by Gasteiger charge is 2.40. The van der Waals surface area contributed by atoms with Gasteiger partial charge in [0.2, 0.25) is 0 Å². The maximum Gasteiger partial charge on any atom is 0.416 e. The number of alkyl halides is 3. The zero-order valence-electron chi connectivity index (χ0n) is 18.8. The van der Waals surface area contributed by atoms with Crippen LogP contribution in [-0.2, 0) is 15.8 Å². The zero-order valence-corrected chi connectivity index (χ0v) is 20.3. The molecule has 1 aliphatic rings. The van der Waals surface area contributed by atoms with E-state index in [2.05, 4.69) is 10.6 Å². The molecule has 7 nitrogen and oxygen atoms in total. The van der Waals surface area contributed by atoms with E-state index >= 15 is 0 Å². The summed E-state index contributed by atoms with van der Waals surface area (Å²) in [6.07, 6.45) is -4.56. The number of halogens is 5. The molecule has 12 heteroatoms. The molecule has 3 amide bonds. The van der Waals surface area contributed by atoms with Crippen molar-refractivity contribution < 1.29 is 32.3 Å². The third-order valence-electron chi connectivity index (χ3n) is 5.25. The molecule has 37 heavy (non-hydrogen) atoms. The number of hydrogen-bond donors (Lipinski definition) is 2. The van der Waals surface area contributed by atoms with E-state index in [0.717, 1.165) is 17.0 Å². The van der Waals surface area contributed by atoms with Gasteiger partial charge in [-0.2, -0.15) is 13.2 Å². The Morgan fingerprint density at radius 1 is 0.919 bits per heavy atom. The highest BCUT2D eigenvalue weighted by atomic mass is 35.5. The van der Waals surface area contributed by atoms with Gasteiger partial charge in [0.25, 0.3) is 17.7 Å². The third-order valence-corrected chi connectivity index (χ3v) is 5.84. The zero-order chi connectivity index (χ0) is 26.9.